The Morgan fingerprint density at radius 3 is 2.47 bits per heavy atom. The molecule has 0 aliphatic heterocycles. The monoisotopic (exact) mass is 568 g/mol. The molecule has 1 N–H and O–H groups in total. The fourth-order valence-corrected chi connectivity index (χ4v) is 4.18. The molecule has 0 saturated carbocycles. The highest BCUT2D eigenvalue weighted by molar-refractivity contribution is 9.10. The smallest absolute Gasteiger partial charge is 0.266 e. The Hall–Kier alpha value is -2.20. The van der Waals surface area contributed by atoms with Gasteiger partial charge in [-0.2, -0.15) is 5.26 Å². The number of ether oxygens (including phenoxy) is 1. The number of nitrogens with zero attached hydrogens (tertiary/aromatic N) is 1. The summed E-state index contributed by atoms with van der Waals surface area (Å²) < 4.78 is 6.37. The molecule has 1 amide bonds. The third-order valence-corrected chi connectivity index (χ3v) is 6.01. The molecule has 0 spiro atoms. The first-order chi connectivity index (χ1) is 15.3. The van der Waals surface area contributed by atoms with Crippen LogP contribution in [0.25, 0.3) is 6.08 Å². The molecule has 0 aliphatic carbocycles. The molecule has 3 rings (SSSR count). The van der Waals surface area contributed by atoms with Gasteiger partial charge in [0.15, 0.2) is 5.75 Å². The van der Waals surface area contributed by atoms with Crippen molar-refractivity contribution in [2.45, 2.75) is 6.61 Å². The Kier molecular flexibility index (Phi) is 8.47. The van der Waals surface area contributed by atoms with E-state index in [4.69, 9.17) is 51.1 Å². The van der Waals surface area contributed by atoms with E-state index < -0.39 is 5.91 Å². The van der Waals surface area contributed by atoms with Gasteiger partial charge >= 0.3 is 0 Å². The number of nitrogens with one attached hydrogen (secondary N) is 1. The number of rotatable bonds is 6. The minimum absolute atomic E-state index is 0.145. The van der Waals surface area contributed by atoms with Crippen LogP contribution in [-0.4, -0.2) is 5.91 Å². The first kappa shape index (κ1) is 24.4. The van der Waals surface area contributed by atoms with E-state index in [9.17, 15) is 10.1 Å². The van der Waals surface area contributed by atoms with E-state index in [2.05, 4.69) is 21.2 Å². The van der Waals surface area contributed by atoms with Gasteiger partial charge in [-0.1, -0.05) is 64.6 Å². The molecule has 3 aromatic carbocycles. The molecule has 4 nitrogen and oxygen atoms in total. The second kappa shape index (κ2) is 11.1. The minimum atomic E-state index is -0.636. The number of benzene rings is 3. The standard InChI is InChI=1S/C23H13BrCl4N2O2/c24-17-8-13(9-20(28)22(17)32-12-14-3-1-2-4-18(14)26)7-15(11-29)23(31)30-21-10-16(25)5-6-19(21)27/h1-10H,12H2,(H,30,31)/b15-7+. The molecule has 3 aromatic rings. The van der Waals surface area contributed by atoms with Crippen LogP contribution in [0.1, 0.15) is 11.1 Å². The molecule has 0 heterocycles. The van der Waals surface area contributed by atoms with Gasteiger partial charge in [0.1, 0.15) is 18.2 Å². The molecule has 0 saturated heterocycles. The van der Waals surface area contributed by atoms with Crippen molar-refractivity contribution in [2.75, 3.05) is 5.32 Å². The Morgan fingerprint density at radius 1 is 1.03 bits per heavy atom. The number of nitriles is 1. The highest BCUT2D eigenvalue weighted by atomic mass is 79.9. The molecular formula is C23H13BrCl4N2O2. The van der Waals surface area contributed by atoms with E-state index in [1.807, 2.05) is 24.3 Å². The van der Waals surface area contributed by atoms with E-state index in [1.165, 1.54) is 12.1 Å². The summed E-state index contributed by atoms with van der Waals surface area (Å²) in [6.07, 6.45) is 1.41. The van der Waals surface area contributed by atoms with E-state index in [0.717, 1.165) is 5.56 Å². The molecular weight excluding hydrogens is 558 g/mol. The number of carbonyl (C=O) groups excluding carboxylic acids is 1. The van der Waals surface area contributed by atoms with Crippen molar-refractivity contribution in [3.63, 3.8) is 0 Å². The zero-order valence-corrected chi connectivity index (χ0v) is 20.7. The van der Waals surface area contributed by atoms with Gasteiger partial charge in [-0.15, -0.1) is 0 Å². The van der Waals surface area contributed by atoms with Gasteiger partial charge in [-0.25, -0.2) is 0 Å². The van der Waals surface area contributed by atoms with Crippen LogP contribution in [0.4, 0.5) is 5.69 Å². The van der Waals surface area contributed by atoms with Crippen molar-refractivity contribution in [1.29, 1.82) is 5.26 Å². The van der Waals surface area contributed by atoms with Gasteiger partial charge in [0.25, 0.3) is 5.91 Å². The lowest BCUT2D eigenvalue weighted by Gasteiger charge is -2.12. The lowest BCUT2D eigenvalue weighted by molar-refractivity contribution is -0.112. The zero-order chi connectivity index (χ0) is 23.3. The van der Waals surface area contributed by atoms with Crippen molar-refractivity contribution < 1.29 is 9.53 Å². The normalized spacial score (nSPS) is 11.1. The van der Waals surface area contributed by atoms with Gasteiger partial charge < -0.3 is 10.1 Å². The maximum absolute atomic E-state index is 12.6. The average molecular weight is 571 g/mol. The topological polar surface area (TPSA) is 62.1 Å². The van der Waals surface area contributed by atoms with Crippen molar-refractivity contribution in [3.05, 3.63) is 95.9 Å². The summed E-state index contributed by atoms with van der Waals surface area (Å²) in [5.41, 5.74) is 1.49. The van der Waals surface area contributed by atoms with Crippen LogP contribution in [0.15, 0.2) is 64.6 Å². The van der Waals surface area contributed by atoms with E-state index in [0.29, 0.717) is 41.6 Å². The zero-order valence-electron chi connectivity index (χ0n) is 16.1. The molecule has 0 bridgehead atoms. The van der Waals surface area contributed by atoms with Gasteiger partial charge in [0.2, 0.25) is 0 Å². The summed E-state index contributed by atoms with van der Waals surface area (Å²) in [6.45, 7) is 0.222. The van der Waals surface area contributed by atoms with Gasteiger partial charge in [0.05, 0.1) is 20.2 Å². The number of amides is 1. The summed E-state index contributed by atoms with van der Waals surface area (Å²) in [5, 5.41) is 13.6. The lowest BCUT2D eigenvalue weighted by Crippen LogP contribution is -2.13. The molecule has 162 valence electrons. The lowest BCUT2D eigenvalue weighted by atomic mass is 10.1. The van der Waals surface area contributed by atoms with Gasteiger partial charge in [0, 0.05) is 15.6 Å². The predicted molar refractivity (Wildman–Crippen MR) is 134 cm³/mol. The summed E-state index contributed by atoms with van der Waals surface area (Å²) in [4.78, 5) is 12.6. The fourth-order valence-electron chi connectivity index (χ4n) is 2.66. The number of carbonyl (C=O) groups is 1. The van der Waals surface area contributed by atoms with Crippen LogP contribution in [-0.2, 0) is 11.4 Å². The van der Waals surface area contributed by atoms with E-state index >= 15 is 0 Å². The summed E-state index contributed by atoms with van der Waals surface area (Å²) >= 11 is 28.0. The third-order valence-electron chi connectivity index (χ3n) is 4.20. The second-order valence-corrected chi connectivity index (χ2v) is 8.95. The van der Waals surface area contributed by atoms with E-state index in [-0.39, 0.29) is 12.2 Å². The van der Waals surface area contributed by atoms with E-state index in [1.54, 1.807) is 30.3 Å². The summed E-state index contributed by atoms with van der Waals surface area (Å²) in [6, 6.07) is 17.1. The van der Waals surface area contributed by atoms with Crippen LogP contribution >= 0.6 is 62.3 Å². The minimum Gasteiger partial charge on any atom is -0.486 e. The molecule has 0 aromatic heterocycles. The summed E-state index contributed by atoms with van der Waals surface area (Å²) in [7, 11) is 0. The quantitative estimate of drug-likeness (QED) is 0.240. The van der Waals surface area contributed by atoms with Crippen LogP contribution in [0, 0.1) is 11.3 Å². The SMILES string of the molecule is N#C/C(=C\c1cc(Cl)c(OCc2ccccc2Cl)c(Br)c1)C(=O)Nc1cc(Cl)ccc1Cl. The number of hydrogen-bond acceptors (Lipinski definition) is 3. The van der Waals surface area contributed by atoms with Crippen LogP contribution in [0.3, 0.4) is 0 Å². The van der Waals surface area contributed by atoms with Crippen LogP contribution in [0.5, 0.6) is 5.75 Å². The van der Waals surface area contributed by atoms with Gasteiger partial charge in [-0.3, -0.25) is 4.79 Å². The maximum Gasteiger partial charge on any atom is 0.266 e. The Bertz CT molecular complexity index is 1230. The Balaban J connectivity index is 1.80. The molecule has 32 heavy (non-hydrogen) atoms. The third kappa shape index (κ3) is 6.19. The highest BCUT2D eigenvalue weighted by Crippen LogP contribution is 2.36. The Morgan fingerprint density at radius 2 is 1.78 bits per heavy atom. The van der Waals surface area contributed by atoms with Crippen LogP contribution < -0.4 is 10.1 Å². The van der Waals surface area contributed by atoms with Crippen molar-refractivity contribution in [1.82, 2.24) is 0 Å². The predicted octanol–water partition coefficient (Wildman–Crippen LogP) is 8.19. The average Bonchev–Trinajstić information content (AvgIpc) is 2.75. The van der Waals surface area contributed by atoms with Crippen molar-refractivity contribution in [2.24, 2.45) is 0 Å². The largest absolute Gasteiger partial charge is 0.486 e. The first-order valence-electron chi connectivity index (χ1n) is 9.02. The van der Waals surface area contributed by atoms with Crippen molar-refractivity contribution >= 4 is 80.0 Å². The molecule has 9 heteroatoms. The second-order valence-electron chi connectivity index (χ2n) is 6.44. The maximum atomic E-state index is 12.6. The Labute approximate surface area is 213 Å². The molecule has 0 unspecified atom stereocenters. The fraction of sp³-hybridized carbons (Fsp3) is 0.0435. The van der Waals surface area contributed by atoms with Crippen molar-refractivity contribution in [3.8, 4) is 11.8 Å². The molecule has 0 aliphatic rings. The highest BCUT2D eigenvalue weighted by Gasteiger charge is 2.14. The first-order valence-corrected chi connectivity index (χ1v) is 11.3. The number of anilines is 1. The number of hydrogen-bond donors (Lipinski definition) is 1. The molecule has 0 fully saturated rings. The van der Waals surface area contributed by atoms with Gasteiger partial charge in [-0.05, 0) is 64.0 Å². The number of halogens is 5. The molecule has 0 atom stereocenters. The van der Waals surface area contributed by atoms with Crippen LogP contribution in [0.2, 0.25) is 20.1 Å². The molecule has 0 radical (unpaired) electrons. The summed E-state index contributed by atoms with van der Waals surface area (Å²) in [5.74, 6) is -0.222.